The summed E-state index contributed by atoms with van der Waals surface area (Å²) in [5.41, 5.74) is 6.24. The molecule has 9 rings (SSSR count). The molecule has 0 spiro atoms. The predicted octanol–water partition coefficient (Wildman–Crippen LogP) is 8.09. The minimum absolute atomic E-state index is 0.139. The van der Waals surface area contributed by atoms with Gasteiger partial charge in [-0.15, -0.1) is 0 Å². The number of alkyl carbamates (subject to hydrolysis) is 2. The summed E-state index contributed by atoms with van der Waals surface area (Å²) in [7, 11) is 2.55. The Labute approximate surface area is 365 Å². The summed E-state index contributed by atoms with van der Waals surface area (Å²) >= 11 is 0. The molecule has 2 aromatic heterocycles. The number of imidazole rings is 2. The van der Waals surface area contributed by atoms with Gasteiger partial charge in [0.25, 0.3) is 0 Å². The molecule has 4 aliphatic rings. The summed E-state index contributed by atoms with van der Waals surface area (Å²) in [5.74, 6) is 0.387. The molecule has 15 heteroatoms. The van der Waals surface area contributed by atoms with Crippen LogP contribution in [0.15, 0.2) is 72.9 Å². The van der Waals surface area contributed by atoms with Crippen molar-refractivity contribution in [3.8, 4) is 33.5 Å². The number of aromatic nitrogens is 4. The number of nitrogens with one attached hydrogen (secondary N) is 4. The monoisotopic (exact) mass is 856 g/mol. The summed E-state index contributed by atoms with van der Waals surface area (Å²) in [5, 5.41) is 5.38. The Morgan fingerprint density at radius 3 is 2.02 bits per heavy atom. The van der Waals surface area contributed by atoms with E-state index in [0.29, 0.717) is 41.6 Å². The van der Waals surface area contributed by atoms with Crippen LogP contribution in [0, 0.1) is 17.8 Å². The van der Waals surface area contributed by atoms with Crippen molar-refractivity contribution in [1.29, 1.82) is 0 Å². The van der Waals surface area contributed by atoms with Gasteiger partial charge in [-0.1, -0.05) is 70.2 Å². The van der Waals surface area contributed by atoms with Gasteiger partial charge in [0.2, 0.25) is 11.8 Å². The van der Waals surface area contributed by atoms with E-state index in [0.717, 1.165) is 64.5 Å². The molecule has 2 unspecified atom stereocenters. The molecule has 4 amide bonds. The summed E-state index contributed by atoms with van der Waals surface area (Å²) in [6.07, 6.45) is 7.36. The number of amides is 4. The number of hydrogen-bond acceptors (Lipinski definition) is 8. The fourth-order valence-corrected chi connectivity index (χ4v) is 9.63. The number of ether oxygens (including phenoxy) is 2. The number of nitrogens with zero attached hydrogens (tertiary/aromatic N) is 4. The van der Waals surface area contributed by atoms with Crippen molar-refractivity contribution in [2.75, 3.05) is 27.3 Å². The molecule has 0 radical (unpaired) electrons. The Kier molecular flexibility index (Phi) is 10.8. The number of alkyl halides is 1. The normalized spacial score (nSPS) is 21.2. The molecule has 5 atom stereocenters. The van der Waals surface area contributed by atoms with E-state index in [-0.39, 0.29) is 35.6 Å². The smallest absolute Gasteiger partial charge is 0.407 e. The minimum Gasteiger partial charge on any atom is -0.453 e. The standard InChI is InChI=1S/C48H53FN8O6/c1-25(2)40(54-46(60)62-5)44(58)56-19-7-9-38(56)42-50-24-37(53-42)29-12-17-32-31-16-11-27(21-33(31)48(49,30-14-15-30)34(32)22-29)28-13-18-35-36(23-28)52-43(51-35)39-10-8-20-57(39)45(59)41(26(3)4)55-47(61)63-6/h7,9,11-13,16-18,21-26,30,38-41H,8,10,14-15,19-20H2,1-6H3,(H,50,53)(H,51,52)(H,54,60)(H,55,61)/t38-,39?,40-,41-,48?/m0/s1. The highest BCUT2D eigenvalue weighted by Gasteiger charge is 2.54. The van der Waals surface area contributed by atoms with Crippen LogP contribution >= 0.6 is 0 Å². The lowest BCUT2D eigenvalue weighted by molar-refractivity contribution is -0.136. The lowest BCUT2D eigenvalue weighted by atomic mass is 9.86. The number of fused-ring (bicyclic) bond motifs is 4. The van der Waals surface area contributed by atoms with Crippen LogP contribution in [0.25, 0.3) is 44.5 Å². The first-order valence-electron chi connectivity index (χ1n) is 21.8. The third-order valence-corrected chi connectivity index (χ3v) is 13.1. The Morgan fingerprint density at radius 2 is 1.38 bits per heavy atom. The minimum atomic E-state index is -1.68. The lowest BCUT2D eigenvalue weighted by Gasteiger charge is -2.29. The summed E-state index contributed by atoms with van der Waals surface area (Å²) < 4.78 is 27.6. The molecular weight excluding hydrogens is 804 g/mol. The van der Waals surface area contributed by atoms with E-state index >= 15 is 4.39 Å². The van der Waals surface area contributed by atoms with Gasteiger partial charge >= 0.3 is 12.2 Å². The van der Waals surface area contributed by atoms with Gasteiger partial charge in [-0.2, -0.15) is 0 Å². The molecule has 0 bridgehead atoms. The number of halogens is 1. The molecule has 2 fully saturated rings. The number of carbonyl (C=O) groups is 4. The van der Waals surface area contributed by atoms with Crippen molar-refractivity contribution in [1.82, 2.24) is 40.4 Å². The fraction of sp³-hybridized carbons (Fsp3) is 0.417. The Balaban J connectivity index is 0.970. The number of aromatic amines is 2. The molecule has 2 aliphatic heterocycles. The second kappa shape index (κ2) is 16.3. The van der Waals surface area contributed by atoms with Crippen molar-refractivity contribution < 1.29 is 33.0 Å². The molecule has 3 aromatic carbocycles. The maximum Gasteiger partial charge on any atom is 0.407 e. The van der Waals surface area contributed by atoms with E-state index < -0.39 is 36.0 Å². The van der Waals surface area contributed by atoms with Crippen LogP contribution in [0.3, 0.4) is 0 Å². The van der Waals surface area contributed by atoms with Crippen LogP contribution in [-0.2, 0) is 24.7 Å². The first-order chi connectivity index (χ1) is 30.3. The van der Waals surface area contributed by atoms with Crippen LogP contribution in [0.5, 0.6) is 0 Å². The first-order valence-corrected chi connectivity index (χ1v) is 21.8. The van der Waals surface area contributed by atoms with Crippen molar-refractivity contribution >= 4 is 35.0 Å². The Morgan fingerprint density at radius 1 is 0.778 bits per heavy atom. The zero-order valence-electron chi connectivity index (χ0n) is 36.3. The van der Waals surface area contributed by atoms with E-state index in [1.165, 1.54) is 14.2 Å². The van der Waals surface area contributed by atoms with Crippen LogP contribution in [-0.4, -0.2) is 93.1 Å². The number of carbonyl (C=O) groups excluding carboxylic acids is 4. The van der Waals surface area contributed by atoms with Crippen molar-refractivity contribution in [2.24, 2.45) is 17.8 Å². The van der Waals surface area contributed by atoms with Gasteiger partial charge in [0.05, 0.1) is 43.2 Å². The topological polar surface area (TPSA) is 175 Å². The van der Waals surface area contributed by atoms with E-state index in [2.05, 4.69) is 25.6 Å². The van der Waals surface area contributed by atoms with Crippen molar-refractivity contribution in [3.63, 3.8) is 0 Å². The van der Waals surface area contributed by atoms with Gasteiger partial charge in [0, 0.05) is 30.1 Å². The molecule has 14 nitrogen and oxygen atoms in total. The summed E-state index contributed by atoms with van der Waals surface area (Å²) in [4.78, 5) is 71.5. The van der Waals surface area contributed by atoms with Crippen LogP contribution < -0.4 is 10.6 Å². The van der Waals surface area contributed by atoms with Gasteiger partial charge in [-0.3, -0.25) is 9.59 Å². The average molecular weight is 857 g/mol. The molecule has 5 aromatic rings. The highest BCUT2D eigenvalue weighted by molar-refractivity contribution is 5.89. The van der Waals surface area contributed by atoms with Gasteiger partial charge in [0.1, 0.15) is 29.8 Å². The largest absolute Gasteiger partial charge is 0.453 e. The Hall–Kier alpha value is -6.51. The average Bonchev–Trinajstić information content (AvgIpc) is 3.75. The predicted molar refractivity (Wildman–Crippen MR) is 235 cm³/mol. The molecule has 328 valence electrons. The molecule has 1 saturated carbocycles. The van der Waals surface area contributed by atoms with E-state index in [1.807, 2.05) is 94.4 Å². The summed E-state index contributed by atoms with van der Waals surface area (Å²) in [6, 6.07) is 15.7. The number of methoxy groups -OCH3 is 2. The molecule has 63 heavy (non-hydrogen) atoms. The molecular formula is C48H53FN8O6. The fourth-order valence-electron chi connectivity index (χ4n) is 9.63. The molecule has 4 N–H and O–H groups in total. The quantitative estimate of drug-likeness (QED) is 0.0965. The number of rotatable bonds is 11. The van der Waals surface area contributed by atoms with Gasteiger partial charge < -0.3 is 39.9 Å². The number of hydrogen-bond donors (Lipinski definition) is 4. The molecule has 2 aliphatic carbocycles. The van der Waals surface area contributed by atoms with Gasteiger partial charge in [-0.25, -0.2) is 23.9 Å². The van der Waals surface area contributed by atoms with E-state index in [1.54, 1.807) is 16.0 Å². The second-order valence-corrected chi connectivity index (χ2v) is 17.8. The Bertz CT molecular complexity index is 2650. The second-order valence-electron chi connectivity index (χ2n) is 17.8. The third-order valence-electron chi connectivity index (χ3n) is 13.1. The van der Waals surface area contributed by atoms with Gasteiger partial charge in [-0.05, 0) is 89.6 Å². The van der Waals surface area contributed by atoms with Crippen LogP contribution in [0.2, 0.25) is 0 Å². The first kappa shape index (κ1) is 41.8. The third kappa shape index (κ3) is 7.40. The maximum absolute atomic E-state index is 18.1. The van der Waals surface area contributed by atoms with Crippen molar-refractivity contribution in [2.45, 2.75) is 83.2 Å². The van der Waals surface area contributed by atoms with Crippen molar-refractivity contribution in [3.05, 3.63) is 95.7 Å². The number of likely N-dealkylation sites (tertiary alicyclic amines) is 1. The zero-order chi connectivity index (χ0) is 44.3. The van der Waals surface area contributed by atoms with Crippen LogP contribution in [0.1, 0.15) is 88.2 Å². The molecule has 1 saturated heterocycles. The lowest BCUT2D eigenvalue weighted by Crippen LogP contribution is -2.51. The van der Waals surface area contributed by atoms with E-state index in [9.17, 15) is 19.2 Å². The number of benzene rings is 3. The zero-order valence-corrected chi connectivity index (χ0v) is 36.3. The highest BCUT2D eigenvalue weighted by Crippen LogP contribution is 2.61. The highest BCUT2D eigenvalue weighted by atomic mass is 19.1. The van der Waals surface area contributed by atoms with Crippen LogP contribution in [0.4, 0.5) is 14.0 Å². The van der Waals surface area contributed by atoms with E-state index in [4.69, 9.17) is 14.5 Å². The molecule has 4 heterocycles. The number of H-pyrrole nitrogens is 2. The SMILES string of the molecule is COC(=O)N[C@H](C(=O)N1CCCC1c1nc2ccc(-c3ccc4c(c3)C(F)(C3CC3)c3cc(-c5cnc([C@@H]6C=CCN6C(=O)[C@@H](NC(=O)OC)C(C)C)[nH]5)ccc3-4)cc2[nH]1)C(C)C. The summed E-state index contributed by atoms with van der Waals surface area (Å²) in [6.45, 7) is 8.44. The maximum atomic E-state index is 18.1. The van der Waals surface area contributed by atoms with Gasteiger partial charge in [0.15, 0.2) is 5.67 Å².